The molecule has 0 aromatic carbocycles. The molecule has 3 nitrogen and oxygen atoms in total. The van der Waals surface area contributed by atoms with Crippen LogP contribution in [-0.2, 0) is 9.84 Å². The molecule has 5 heteroatoms. The Balaban J connectivity index is 2.95. The minimum atomic E-state index is -3.25. The van der Waals surface area contributed by atoms with Gasteiger partial charge in [0.1, 0.15) is 0 Å². The Kier molecular flexibility index (Phi) is 3.65. The first-order chi connectivity index (χ1) is 6.39. The van der Waals surface area contributed by atoms with Crippen LogP contribution in [0.2, 0.25) is 0 Å². The molecular weight excluding hydrogens is 268 g/mol. The van der Waals surface area contributed by atoms with E-state index in [1.54, 1.807) is 13.8 Å². The molecule has 0 bridgehead atoms. The van der Waals surface area contributed by atoms with Gasteiger partial charge in [-0.2, -0.15) is 0 Å². The van der Waals surface area contributed by atoms with Crippen LogP contribution in [0.25, 0.3) is 0 Å². The lowest BCUT2D eigenvalue weighted by molar-refractivity contribution is 0.135. The van der Waals surface area contributed by atoms with Gasteiger partial charge in [-0.3, -0.25) is 0 Å². The maximum atomic E-state index is 11.8. The zero-order valence-electron chi connectivity index (χ0n) is 8.53. The highest BCUT2D eigenvalue weighted by Gasteiger charge is 2.50. The summed E-state index contributed by atoms with van der Waals surface area (Å²) in [5.74, 6) is 0.228. The number of halogens is 1. The van der Waals surface area contributed by atoms with Crippen molar-refractivity contribution in [2.24, 2.45) is 5.92 Å². The third kappa shape index (κ3) is 1.99. The normalized spacial score (nSPS) is 24.3. The Labute approximate surface area is 93.9 Å². The molecule has 1 saturated carbocycles. The number of aliphatic hydroxyl groups excluding tert-OH is 1. The van der Waals surface area contributed by atoms with Gasteiger partial charge in [-0.05, 0) is 25.2 Å². The fraction of sp³-hybridized carbons (Fsp3) is 1.00. The number of hydrogen-bond donors (Lipinski definition) is 1. The van der Waals surface area contributed by atoms with E-state index in [1.165, 1.54) is 0 Å². The first kappa shape index (κ1) is 12.5. The highest BCUT2D eigenvalue weighted by atomic mass is 79.9. The molecular formula is C9H17BrO3S. The summed E-state index contributed by atoms with van der Waals surface area (Å²) in [5.41, 5.74) is 0. The molecule has 0 spiro atoms. The third-order valence-corrected chi connectivity index (χ3v) is 7.72. The summed E-state index contributed by atoms with van der Waals surface area (Å²) in [5, 5.41) is 9.95. The lowest BCUT2D eigenvalue weighted by Gasteiger charge is -2.30. The van der Waals surface area contributed by atoms with E-state index in [-0.39, 0.29) is 11.7 Å². The van der Waals surface area contributed by atoms with Crippen LogP contribution >= 0.6 is 15.9 Å². The van der Waals surface area contributed by atoms with E-state index in [9.17, 15) is 13.5 Å². The van der Waals surface area contributed by atoms with Gasteiger partial charge in [-0.1, -0.05) is 29.8 Å². The average Bonchev–Trinajstić information content (AvgIpc) is 2.98. The smallest absolute Gasteiger partial charge is 0.168 e. The van der Waals surface area contributed by atoms with Crippen LogP contribution in [-0.4, -0.2) is 29.0 Å². The van der Waals surface area contributed by atoms with Gasteiger partial charge in [0.05, 0.1) is 6.10 Å². The van der Waals surface area contributed by atoms with Crippen LogP contribution in [0.1, 0.15) is 33.1 Å². The Bertz CT molecular complexity index is 297. The van der Waals surface area contributed by atoms with E-state index < -0.39 is 19.6 Å². The van der Waals surface area contributed by atoms with Gasteiger partial charge in [-0.25, -0.2) is 8.42 Å². The fourth-order valence-corrected chi connectivity index (χ4v) is 4.16. The first-order valence-corrected chi connectivity index (χ1v) is 7.42. The van der Waals surface area contributed by atoms with Crippen molar-refractivity contribution < 1.29 is 13.5 Å². The fourth-order valence-electron chi connectivity index (χ4n) is 1.62. The quantitative estimate of drug-likeness (QED) is 0.782. The molecule has 0 aromatic rings. The predicted molar refractivity (Wildman–Crippen MR) is 60.1 cm³/mol. The molecule has 1 aliphatic carbocycles. The van der Waals surface area contributed by atoms with Gasteiger partial charge in [0, 0.05) is 5.75 Å². The summed E-state index contributed by atoms with van der Waals surface area (Å²) in [6.45, 7) is 3.40. The molecule has 0 heterocycles. The summed E-state index contributed by atoms with van der Waals surface area (Å²) in [7, 11) is -3.25. The molecule has 0 unspecified atom stereocenters. The minimum Gasteiger partial charge on any atom is -0.390 e. The summed E-state index contributed by atoms with van der Waals surface area (Å²) < 4.78 is 22.5. The van der Waals surface area contributed by atoms with Crippen LogP contribution in [0.15, 0.2) is 0 Å². The van der Waals surface area contributed by atoms with E-state index in [0.717, 1.165) is 12.8 Å². The van der Waals surface area contributed by atoms with Crippen LogP contribution in [0.4, 0.5) is 0 Å². The lowest BCUT2D eigenvalue weighted by Crippen LogP contribution is -2.45. The van der Waals surface area contributed by atoms with Gasteiger partial charge in [-0.15, -0.1) is 0 Å². The molecule has 2 atom stereocenters. The number of sulfone groups is 1. The molecule has 0 radical (unpaired) electrons. The van der Waals surface area contributed by atoms with E-state index in [2.05, 4.69) is 15.9 Å². The number of hydrogen-bond acceptors (Lipinski definition) is 3. The average molecular weight is 285 g/mol. The number of aliphatic hydroxyl groups is 1. The maximum Gasteiger partial charge on any atom is 0.168 e. The summed E-state index contributed by atoms with van der Waals surface area (Å²) in [6.07, 6.45) is 1.51. The zero-order valence-corrected chi connectivity index (χ0v) is 10.9. The molecule has 0 aromatic heterocycles. The second-order valence-electron chi connectivity index (χ2n) is 3.83. The van der Waals surface area contributed by atoms with Crippen LogP contribution in [0.3, 0.4) is 0 Å². The molecule has 1 fully saturated rings. The second-order valence-corrected chi connectivity index (χ2v) is 8.30. The summed E-state index contributed by atoms with van der Waals surface area (Å²) in [6, 6.07) is 0. The summed E-state index contributed by atoms with van der Waals surface area (Å²) in [4.78, 5) is 0. The Morgan fingerprint density at radius 3 is 2.29 bits per heavy atom. The highest BCUT2D eigenvalue weighted by Crippen LogP contribution is 2.45. The van der Waals surface area contributed by atoms with Gasteiger partial charge in [0.25, 0.3) is 0 Å². The third-order valence-electron chi connectivity index (χ3n) is 2.89. The zero-order chi connectivity index (χ0) is 11.0. The largest absolute Gasteiger partial charge is 0.390 e. The lowest BCUT2D eigenvalue weighted by atomic mass is 10.1. The standard InChI is InChI=1S/C9H17BrO3S/c1-3-9(10,14(12,13)4-2)8(11)7-5-6-7/h7-8,11H,3-6H2,1-2H3/t8-,9+/m0/s1. The second kappa shape index (κ2) is 4.10. The van der Waals surface area contributed by atoms with Crippen molar-refractivity contribution in [1.82, 2.24) is 0 Å². The topological polar surface area (TPSA) is 54.4 Å². The van der Waals surface area contributed by atoms with Crippen molar-refractivity contribution in [3.8, 4) is 0 Å². The van der Waals surface area contributed by atoms with E-state index in [4.69, 9.17) is 0 Å². The minimum absolute atomic E-state index is 0.0653. The molecule has 0 amide bonds. The SMILES string of the molecule is CC[C@](Br)([C@@H](O)C1CC1)S(=O)(=O)CC. The Morgan fingerprint density at radius 1 is 1.50 bits per heavy atom. The predicted octanol–water partition coefficient (Wildman–Crippen LogP) is 1.69. The monoisotopic (exact) mass is 284 g/mol. The van der Waals surface area contributed by atoms with E-state index in [1.807, 2.05) is 0 Å². The molecule has 84 valence electrons. The number of rotatable bonds is 5. The van der Waals surface area contributed by atoms with Crippen molar-refractivity contribution in [2.45, 2.75) is 42.9 Å². The Hall–Kier alpha value is 0.390. The van der Waals surface area contributed by atoms with Crippen molar-refractivity contribution in [1.29, 1.82) is 0 Å². The van der Waals surface area contributed by atoms with Gasteiger partial charge >= 0.3 is 0 Å². The van der Waals surface area contributed by atoms with Crippen LogP contribution in [0, 0.1) is 5.92 Å². The van der Waals surface area contributed by atoms with Gasteiger partial charge in [0.15, 0.2) is 13.5 Å². The number of alkyl halides is 1. The Morgan fingerprint density at radius 2 is 2.00 bits per heavy atom. The van der Waals surface area contributed by atoms with Crippen molar-refractivity contribution in [3.05, 3.63) is 0 Å². The molecule has 1 aliphatic rings. The maximum absolute atomic E-state index is 11.8. The van der Waals surface area contributed by atoms with E-state index >= 15 is 0 Å². The summed E-state index contributed by atoms with van der Waals surface area (Å²) >= 11 is 3.23. The molecule has 0 aliphatic heterocycles. The van der Waals surface area contributed by atoms with Crippen LogP contribution in [0.5, 0.6) is 0 Å². The highest BCUT2D eigenvalue weighted by molar-refractivity contribution is 9.11. The van der Waals surface area contributed by atoms with Crippen molar-refractivity contribution in [2.75, 3.05) is 5.75 Å². The van der Waals surface area contributed by atoms with Crippen LogP contribution < -0.4 is 0 Å². The molecule has 0 saturated heterocycles. The molecule has 14 heavy (non-hydrogen) atoms. The van der Waals surface area contributed by atoms with Gasteiger partial charge < -0.3 is 5.11 Å². The van der Waals surface area contributed by atoms with Gasteiger partial charge in [0.2, 0.25) is 0 Å². The van der Waals surface area contributed by atoms with Crippen molar-refractivity contribution >= 4 is 25.8 Å². The van der Waals surface area contributed by atoms with E-state index in [0.29, 0.717) is 6.42 Å². The van der Waals surface area contributed by atoms with Crippen molar-refractivity contribution in [3.63, 3.8) is 0 Å². The first-order valence-electron chi connectivity index (χ1n) is 4.98. The molecule has 1 N–H and O–H groups in total. The molecule has 1 rings (SSSR count).